The molecule has 1 aliphatic rings. The van der Waals surface area contributed by atoms with Crippen LogP contribution in [-0.4, -0.2) is 28.1 Å². The molecule has 0 unspecified atom stereocenters. The van der Waals surface area contributed by atoms with Gasteiger partial charge in [-0.05, 0) is 42.0 Å². The molecule has 0 atom stereocenters. The van der Waals surface area contributed by atoms with Crippen LogP contribution in [0.4, 0.5) is 4.39 Å². The Morgan fingerprint density at radius 3 is 2.83 bits per heavy atom. The van der Waals surface area contributed by atoms with E-state index in [0.29, 0.717) is 23.6 Å². The maximum atomic E-state index is 13.7. The highest BCUT2D eigenvalue weighted by molar-refractivity contribution is 8.02. The zero-order valence-electron chi connectivity index (χ0n) is 12.6. The molecule has 5 heteroatoms. The Kier molecular flexibility index (Phi) is 5.08. The topological polar surface area (TPSA) is 33.2 Å². The van der Waals surface area contributed by atoms with Crippen molar-refractivity contribution in [1.29, 1.82) is 0 Å². The first-order valence-corrected chi connectivity index (χ1v) is 8.56. The van der Waals surface area contributed by atoms with Crippen LogP contribution in [0, 0.1) is 5.82 Å². The van der Waals surface area contributed by atoms with Crippen molar-refractivity contribution in [3.05, 3.63) is 65.6 Å². The molecule has 1 aromatic carbocycles. The molecule has 0 N–H and O–H groups in total. The number of aryl methyl sites for hydroxylation is 1. The number of benzene rings is 1. The van der Waals surface area contributed by atoms with E-state index in [1.165, 1.54) is 17.8 Å². The van der Waals surface area contributed by atoms with Gasteiger partial charge >= 0.3 is 0 Å². The third-order valence-electron chi connectivity index (χ3n) is 3.70. The molecule has 1 aromatic heterocycles. The molecule has 0 radical (unpaired) electrons. The van der Waals surface area contributed by atoms with E-state index in [-0.39, 0.29) is 11.7 Å². The van der Waals surface area contributed by atoms with Crippen LogP contribution in [-0.2, 0) is 11.2 Å². The smallest absolute Gasteiger partial charge is 0.236 e. The molecule has 2 heterocycles. The molecule has 0 fully saturated rings. The number of nitrogens with zero attached hydrogens (tertiary/aromatic N) is 2. The molecule has 3 nitrogen and oxygen atoms in total. The number of aromatic nitrogens is 1. The van der Waals surface area contributed by atoms with Gasteiger partial charge in [0.05, 0.1) is 11.4 Å². The van der Waals surface area contributed by atoms with Gasteiger partial charge in [0.2, 0.25) is 5.91 Å². The Labute approximate surface area is 139 Å². The lowest BCUT2D eigenvalue weighted by molar-refractivity contribution is -0.126. The molecule has 118 valence electrons. The van der Waals surface area contributed by atoms with E-state index >= 15 is 0 Å². The Bertz CT molecular complexity index is 715. The molecule has 1 amide bonds. The van der Waals surface area contributed by atoms with Crippen molar-refractivity contribution in [3.8, 4) is 11.3 Å². The number of carbonyl (C=O) groups is 1. The number of rotatable bonds is 5. The molecule has 2 aromatic rings. The summed E-state index contributed by atoms with van der Waals surface area (Å²) in [7, 11) is 0. The highest BCUT2D eigenvalue weighted by Crippen LogP contribution is 2.20. The van der Waals surface area contributed by atoms with Crippen LogP contribution in [0.3, 0.4) is 0 Å². The van der Waals surface area contributed by atoms with E-state index in [9.17, 15) is 9.18 Å². The number of thioether (sulfide) groups is 1. The minimum Gasteiger partial charge on any atom is -0.318 e. The van der Waals surface area contributed by atoms with Gasteiger partial charge in [-0.3, -0.25) is 9.78 Å². The number of hydrogen-bond acceptors (Lipinski definition) is 3. The first-order chi connectivity index (χ1) is 11.2. The van der Waals surface area contributed by atoms with Crippen LogP contribution in [0.15, 0.2) is 54.2 Å². The average molecular weight is 328 g/mol. The summed E-state index contributed by atoms with van der Waals surface area (Å²) in [5.41, 5.74) is 2.24. The first-order valence-electron chi connectivity index (χ1n) is 7.51. The van der Waals surface area contributed by atoms with Crippen LogP contribution in [0.2, 0.25) is 0 Å². The highest BCUT2D eigenvalue weighted by Gasteiger charge is 2.13. The fourth-order valence-corrected chi connectivity index (χ4v) is 3.09. The summed E-state index contributed by atoms with van der Waals surface area (Å²) in [4.78, 5) is 17.8. The zero-order valence-corrected chi connectivity index (χ0v) is 13.4. The summed E-state index contributed by atoms with van der Waals surface area (Å²) >= 11 is 1.52. The number of pyridine rings is 1. The molecular weight excluding hydrogens is 311 g/mol. The lowest BCUT2D eigenvalue weighted by Gasteiger charge is -2.20. The first kappa shape index (κ1) is 15.7. The number of hydrogen-bond donors (Lipinski definition) is 0. The molecule has 0 aliphatic carbocycles. The van der Waals surface area contributed by atoms with E-state index in [4.69, 9.17) is 0 Å². The van der Waals surface area contributed by atoms with Gasteiger partial charge in [-0.2, -0.15) is 0 Å². The zero-order chi connectivity index (χ0) is 16.1. The van der Waals surface area contributed by atoms with Crippen molar-refractivity contribution in [2.24, 2.45) is 0 Å². The Hall–Kier alpha value is -2.14. The summed E-state index contributed by atoms with van der Waals surface area (Å²) in [6.07, 6.45) is 5.35. The molecular formula is C18H17FN2OS. The fraction of sp³-hybridized carbons (Fsp3) is 0.222. The Balaban J connectivity index is 1.58. The second-order valence-electron chi connectivity index (χ2n) is 5.32. The highest BCUT2D eigenvalue weighted by atomic mass is 32.2. The van der Waals surface area contributed by atoms with Crippen LogP contribution >= 0.6 is 11.8 Å². The third-order valence-corrected chi connectivity index (χ3v) is 4.43. The van der Waals surface area contributed by atoms with Gasteiger partial charge in [0.1, 0.15) is 5.82 Å². The van der Waals surface area contributed by atoms with Crippen molar-refractivity contribution in [2.45, 2.75) is 12.8 Å². The normalized spacial score (nSPS) is 14.3. The monoisotopic (exact) mass is 328 g/mol. The molecule has 1 aliphatic heterocycles. The van der Waals surface area contributed by atoms with E-state index in [1.807, 2.05) is 23.7 Å². The molecule has 0 saturated heterocycles. The standard InChI is InChI=1S/C18H17FN2OS/c19-16-6-2-1-5-15(16)17-8-7-14(12-20-17)4-3-9-21-10-11-23-13-18(21)22/h1-2,5-8,10-12H,3-4,9,13H2. The van der Waals surface area contributed by atoms with E-state index in [0.717, 1.165) is 18.4 Å². The summed E-state index contributed by atoms with van der Waals surface area (Å²) in [6, 6.07) is 10.4. The lowest BCUT2D eigenvalue weighted by Crippen LogP contribution is -2.30. The Morgan fingerprint density at radius 2 is 2.09 bits per heavy atom. The molecule has 0 bridgehead atoms. The van der Waals surface area contributed by atoms with Gasteiger partial charge in [0.25, 0.3) is 0 Å². The van der Waals surface area contributed by atoms with Crippen LogP contribution in [0.1, 0.15) is 12.0 Å². The SMILES string of the molecule is O=C1CSC=CN1CCCc1ccc(-c2ccccc2F)nc1. The maximum absolute atomic E-state index is 13.7. The maximum Gasteiger partial charge on any atom is 0.236 e. The van der Waals surface area contributed by atoms with E-state index < -0.39 is 0 Å². The van der Waals surface area contributed by atoms with E-state index in [1.54, 1.807) is 29.3 Å². The quantitative estimate of drug-likeness (QED) is 0.835. The summed E-state index contributed by atoms with van der Waals surface area (Å²) in [6.45, 7) is 0.713. The predicted molar refractivity (Wildman–Crippen MR) is 91.3 cm³/mol. The Morgan fingerprint density at radius 1 is 1.22 bits per heavy atom. The van der Waals surface area contributed by atoms with Crippen molar-refractivity contribution >= 4 is 17.7 Å². The van der Waals surface area contributed by atoms with Crippen molar-refractivity contribution in [1.82, 2.24) is 9.88 Å². The van der Waals surface area contributed by atoms with Gasteiger partial charge < -0.3 is 4.90 Å². The third kappa shape index (κ3) is 3.99. The summed E-state index contributed by atoms with van der Waals surface area (Å²) < 4.78 is 13.7. The van der Waals surface area contributed by atoms with Crippen LogP contribution < -0.4 is 0 Å². The van der Waals surface area contributed by atoms with Crippen LogP contribution in [0.5, 0.6) is 0 Å². The van der Waals surface area contributed by atoms with Gasteiger partial charge in [-0.15, -0.1) is 11.8 Å². The minimum absolute atomic E-state index is 0.158. The number of halogens is 1. The van der Waals surface area contributed by atoms with Crippen molar-refractivity contribution in [3.63, 3.8) is 0 Å². The number of amides is 1. The van der Waals surface area contributed by atoms with Gasteiger partial charge in [-0.25, -0.2) is 4.39 Å². The minimum atomic E-state index is -0.263. The van der Waals surface area contributed by atoms with Gasteiger partial charge in [-0.1, -0.05) is 18.2 Å². The largest absolute Gasteiger partial charge is 0.318 e. The summed E-state index contributed by atoms with van der Waals surface area (Å²) in [5, 5.41) is 1.95. The molecule has 23 heavy (non-hydrogen) atoms. The predicted octanol–water partition coefficient (Wildman–Crippen LogP) is 3.87. The summed E-state index contributed by atoms with van der Waals surface area (Å²) in [5.74, 6) is 0.418. The second-order valence-corrected chi connectivity index (χ2v) is 6.21. The molecule has 0 spiro atoms. The van der Waals surface area contributed by atoms with Gasteiger partial charge in [0, 0.05) is 24.5 Å². The van der Waals surface area contributed by atoms with Gasteiger partial charge in [0.15, 0.2) is 0 Å². The molecule has 3 rings (SSSR count). The van der Waals surface area contributed by atoms with Crippen LogP contribution in [0.25, 0.3) is 11.3 Å². The average Bonchev–Trinajstić information content (AvgIpc) is 2.58. The molecule has 0 saturated carbocycles. The lowest BCUT2D eigenvalue weighted by atomic mass is 10.1. The van der Waals surface area contributed by atoms with E-state index in [2.05, 4.69) is 4.98 Å². The fourth-order valence-electron chi connectivity index (χ4n) is 2.46. The number of carbonyl (C=O) groups excluding carboxylic acids is 1. The second kappa shape index (κ2) is 7.42. The van der Waals surface area contributed by atoms with Crippen molar-refractivity contribution in [2.75, 3.05) is 12.3 Å². The van der Waals surface area contributed by atoms with Crippen molar-refractivity contribution < 1.29 is 9.18 Å².